The quantitative estimate of drug-likeness (QED) is 0.889. The summed E-state index contributed by atoms with van der Waals surface area (Å²) in [6.45, 7) is 10.2. The molecule has 124 valence electrons. The Balaban J connectivity index is 2.38. The highest BCUT2D eigenvalue weighted by Gasteiger charge is 2.17. The van der Waals surface area contributed by atoms with Crippen LogP contribution in [0.3, 0.4) is 0 Å². The van der Waals surface area contributed by atoms with Crippen molar-refractivity contribution < 1.29 is 9.90 Å². The van der Waals surface area contributed by atoms with Gasteiger partial charge in [0.25, 0.3) is 5.91 Å². The fraction of sp³-hybridized carbons (Fsp3) is 0.421. The number of rotatable bonds is 5. The van der Waals surface area contributed by atoms with Crippen molar-refractivity contribution in [2.75, 3.05) is 6.54 Å². The van der Waals surface area contributed by atoms with Crippen LogP contribution in [0.2, 0.25) is 0 Å². The summed E-state index contributed by atoms with van der Waals surface area (Å²) in [5, 5.41) is 12.1. The van der Waals surface area contributed by atoms with Crippen molar-refractivity contribution >= 4 is 5.91 Å². The average molecular weight is 314 g/mol. The van der Waals surface area contributed by atoms with Gasteiger partial charge < -0.3 is 15.0 Å². The number of carbonyl (C=O) groups excluding carboxylic acids is 1. The van der Waals surface area contributed by atoms with E-state index in [4.69, 9.17) is 0 Å². The van der Waals surface area contributed by atoms with Crippen LogP contribution in [-0.2, 0) is 0 Å². The van der Waals surface area contributed by atoms with Gasteiger partial charge in [-0.3, -0.25) is 4.79 Å². The monoisotopic (exact) mass is 314 g/mol. The van der Waals surface area contributed by atoms with E-state index in [9.17, 15) is 9.90 Å². The maximum Gasteiger partial charge on any atom is 0.253 e. The highest BCUT2D eigenvalue weighted by Crippen LogP contribution is 2.24. The van der Waals surface area contributed by atoms with Gasteiger partial charge in [-0.15, -0.1) is 0 Å². The Labute approximate surface area is 138 Å². The molecule has 0 saturated carbocycles. The normalized spacial score (nSPS) is 12.5. The molecule has 4 nitrogen and oxygen atoms in total. The van der Waals surface area contributed by atoms with Gasteiger partial charge in [-0.1, -0.05) is 26.0 Å². The third-order valence-electron chi connectivity index (χ3n) is 4.03. The molecule has 2 N–H and O–H groups in total. The lowest BCUT2D eigenvalue weighted by atomic mass is 10.0. The van der Waals surface area contributed by atoms with Crippen molar-refractivity contribution in [3.8, 4) is 5.69 Å². The van der Waals surface area contributed by atoms with Gasteiger partial charge in [0, 0.05) is 23.6 Å². The third kappa shape index (κ3) is 3.82. The highest BCUT2D eigenvalue weighted by atomic mass is 16.3. The van der Waals surface area contributed by atoms with Gasteiger partial charge in [0.05, 0.1) is 11.7 Å². The van der Waals surface area contributed by atoms with E-state index in [-0.39, 0.29) is 12.5 Å². The standard InChI is InChI=1S/C19H26N2O2/c1-12(2)16-7-6-8-17(10-16)21-13(3)9-18(15(21)5)19(23)20-11-14(4)22/h6-10,12,14,22H,11H2,1-5H3,(H,20,23). The molecular weight excluding hydrogens is 288 g/mol. The lowest BCUT2D eigenvalue weighted by Crippen LogP contribution is -2.30. The van der Waals surface area contributed by atoms with E-state index >= 15 is 0 Å². The SMILES string of the molecule is Cc1cc(C(=O)NCC(C)O)c(C)n1-c1cccc(C(C)C)c1. The molecule has 1 heterocycles. The van der Waals surface area contributed by atoms with Crippen LogP contribution in [0.1, 0.15) is 54.0 Å². The Morgan fingerprint density at radius 3 is 2.52 bits per heavy atom. The zero-order valence-electron chi connectivity index (χ0n) is 14.6. The second-order valence-electron chi connectivity index (χ2n) is 6.43. The molecule has 0 aliphatic rings. The maximum atomic E-state index is 12.3. The van der Waals surface area contributed by atoms with Crippen LogP contribution in [0.4, 0.5) is 0 Å². The predicted molar refractivity (Wildman–Crippen MR) is 93.3 cm³/mol. The van der Waals surface area contributed by atoms with Crippen LogP contribution >= 0.6 is 0 Å². The van der Waals surface area contributed by atoms with Crippen molar-refractivity contribution in [3.63, 3.8) is 0 Å². The fourth-order valence-electron chi connectivity index (χ4n) is 2.75. The first kappa shape index (κ1) is 17.3. The second-order valence-corrected chi connectivity index (χ2v) is 6.43. The number of aryl methyl sites for hydroxylation is 1. The minimum Gasteiger partial charge on any atom is -0.392 e. The topological polar surface area (TPSA) is 54.3 Å². The molecule has 1 aromatic heterocycles. The minimum absolute atomic E-state index is 0.148. The fourth-order valence-corrected chi connectivity index (χ4v) is 2.75. The molecule has 0 spiro atoms. The molecule has 0 saturated heterocycles. The summed E-state index contributed by atoms with van der Waals surface area (Å²) in [6, 6.07) is 10.3. The van der Waals surface area contributed by atoms with E-state index in [0.29, 0.717) is 11.5 Å². The van der Waals surface area contributed by atoms with Gasteiger partial charge >= 0.3 is 0 Å². The van der Waals surface area contributed by atoms with Crippen LogP contribution in [0.25, 0.3) is 5.69 Å². The van der Waals surface area contributed by atoms with Crippen LogP contribution in [0.5, 0.6) is 0 Å². The van der Waals surface area contributed by atoms with Gasteiger partial charge in [-0.2, -0.15) is 0 Å². The zero-order chi connectivity index (χ0) is 17.1. The Hall–Kier alpha value is -2.07. The number of carbonyl (C=O) groups is 1. The summed E-state index contributed by atoms with van der Waals surface area (Å²) in [5.41, 5.74) is 4.92. The number of hydrogen-bond acceptors (Lipinski definition) is 2. The molecule has 0 bridgehead atoms. The molecule has 23 heavy (non-hydrogen) atoms. The van der Waals surface area contributed by atoms with Crippen molar-refractivity contribution in [1.29, 1.82) is 0 Å². The Kier molecular flexibility index (Phi) is 5.26. The summed E-state index contributed by atoms with van der Waals surface area (Å²) in [6.07, 6.45) is -0.551. The molecular formula is C19H26N2O2. The lowest BCUT2D eigenvalue weighted by molar-refractivity contribution is 0.0923. The van der Waals surface area contributed by atoms with Gasteiger partial charge in [0.15, 0.2) is 0 Å². The highest BCUT2D eigenvalue weighted by molar-refractivity contribution is 5.95. The van der Waals surface area contributed by atoms with Gasteiger partial charge in [0.2, 0.25) is 0 Å². The smallest absolute Gasteiger partial charge is 0.253 e. The summed E-state index contributed by atoms with van der Waals surface area (Å²) in [7, 11) is 0. The minimum atomic E-state index is -0.551. The zero-order valence-corrected chi connectivity index (χ0v) is 14.6. The first-order valence-electron chi connectivity index (χ1n) is 8.06. The Morgan fingerprint density at radius 2 is 1.91 bits per heavy atom. The van der Waals surface area contributed by atoms with E-state index < -0.39 is 6.10 Å². The Morgan fingerprint density at radius 1 is 1.22 bits per heavy atom. The molecule has 0 aliphatic heterocycles. The van der Waals surface area contributed by atoms with Crippen molar-refractivity contribution in [2.24, 2.45) is 0 Å². The molecule has 1 unspecified atom stereocenters. The van der Waals surface area contributed by atoms with Crippen molar-refractivity contribution in [1.82, 2.24) is 9.88 Å². The van der Waals surface area contributed by atoms with Crippen molar-refractivity contribution in [2.45, 2.75) is 46.6 Å². The van der Waals surface area contributed by atoms with Crippen LogP contribution < -0.4 is 5.32 Å². The van der Waals surface area contributed by atoms with E-state index in [2.05, 4.69) is 48.0 Å². The Bertz CT molecular complexity index is 699. The number of nitrogens with zero attached hydrogens (tertiary/aromatic N) is 1. The second kappa shape index (κ2) is 7.01. The molecule has 0 aliphatic carbocycles. The van der Waals surface area contributed by atoms with E-state index in [1.807, 2.05) is 19.9 Å². The van der Waals surface area contributed by atoms with Crippen molar-refractivity contribution in [3.05, 3.63) is 52.8 Å². The van der Waals surface area contributed by atoms with Gasteiger partial charge in [-0.25, -0.2) is 0 Å². The number of hydrogen-bond donors (Lipinski definition) is 2. The molecule has 1 atom stereocenters. The predicted octanol–water partition coefficient (Wildman–Crippen LogP) is 3.33. The number of aliphatic hydroxyl groups is 1. The number of aliphatic hydroxyl groups excluding tert-OH is 1. The van der Waals surface area contributed by atoms with Gasteiger partial charge in [0.1, 0.15) is 0 Å². The van der Waals surface area contributed by atoms with Crippen LogP contribution in [-0.4, -0.2) is 28.2 Å². The van der Waals surface area contributed by atoms with Crippen LogP contribution in [0.15, 0.2) is 30.3 Å². The number of benzene rings is 1. The number of amides is 1. The molecule has 0 radical (unpaired) electrons. The molecule has 1 aromatic carbocycles. The summed E-state index contributed by atoms with van der Waals surface area (Å²) >= 11 is 0. The molecule has 2 rings (SSSR count). The van der Waals surface area contributed by atoms with Crippen LogP contribution in [0, 0.1) is 13.8 Å². The molecule has 4 heteroatoms. The molecule has 1 amide bonds. The van der Waals surface area contributed by atoms with Gasteiger partial charge in [-0.05, 0) is 50.5 Å². The summed E-state index contributed by atoms with van der Waals surface area (Å²) in [5.74, 6) is 0.310. The number of aromatic nitrogens is 1. The first-order valence-corrected chi connectivity index (χ1v) is 8.06. The van der Waals surface area contributed by atoms with E-state index in [0.717, 1.165) is 17.1 Å². The molecule has 0 fully saturated rings. The largest absolute Gasteiger partial charge is 0.392 e. The van der Waals surface area contributed by atoms with E-state index in [1.165, 1.54) is 5.56 Å². The molecule has 2 aromatic rings. The average Bonchev–Trinajstić information content (AvgIpc) is 2.79. The maximum absolute atomic E-state index is 12.3. The first-order chi connectivity index (χ1) is 10.8. The van der Waals surface area contributed by atoms with E-state index in [1.54, 1.807) is 6.92 Å². The number of nitrogens with one attached hydrogen (secondary N) is 1. The third-order valence-corrected chi connectivity index (χ3v) is 4.03. The lowest BCUT2D eigenvalue weighted by Gasteiger charge is -2.13. The summed E-state index contributed by atoms with van der Waals surface area (Å²) < 4.78 is 2.10. The summed E-state index contributed by atoms with van der Waals surface area (Å²) in [4.78, 5) is 12.3.